The summed E-state index contributed by atoms with van der Waals surface area (Å²) in [7, 11) is 2.03. The summed E-state index contributed by atoms with van der Waals surface area (Å²) < 4.78 is 1.98. The van der Waals surface area contributed by atoms with Gasteiger partial charge in [0.15, 0.2) is 0 Å². The maximum Gasteiger partial charge on any atom is 0.0492 e. The van der Waals surface area contributed by atoms with Crippen LogP contribution in [0.5, 0.6) is 0 Å². The Morgan fingerprint density at radius 3 is 3.05 bits per heavy atom. The van der Waals surface area contributed by atoms with Crippen LogP contribution in [0.2, 0.25) is 0 Å². The second kappa shape index (κ2) is 6.10. The van der Waals surface area contributed by atoms with E-state index in [1.807, 2.05) is 29.3 Å². The second-order valence-corrected chi connectivity index (χ2v) is 6.71. The van der Waals surface area contributed by atoms with Gasteiger partial charge in [-0.2, -0.15) is 5.10 Å². The molecule has 0 radical (unpaired) electrons. The maximum atomic E-state index is 4.25. The normalized spacial score (nSPS) is 15.5. The lowest BCUT2D eigenvalue weighted by atomic mass is 10.1. The Morgan fingerprint density at radius 1 is 1.45 bits per heavy atom. The topological polar surface area (TPSA) is 29.9 Å². The Hall–Kier alpha value is -1.13. The molecule has 4 heteroatoms. The number of thiophene rings is 1. The molecule has 1 aliphatic carbocycles. The lowest BCUT2D eigenvalue weighted by Gasteiger charge is -2.16. The molecule has 0 spiro atoms. The average Bonchev–Trinajstić information content (AvgIpc) is 3.10. The minimum absolute atomic E-state index is 0.491. The molecule has 0 saturated carbocycles. The highest BCUT2D eigenvalue weighted by Gasteiger charge is 2.19. The Labute approximate surface area is 125 Å². The van der Waals surface area contributed by atoms with Gasteiger partial charge in [0.1, 0.15) is 0 Å². The highest BCUT2D eigenvalue weighted by atomic mass is 32.1. The molecule has 0 bridgehead atoms. The molecule has 1 atom stereocenters. The number of nitrogens with zero attached hydrogens (tertiary/aromatic N) is 2. The van der Waals surface area contributed by atoms with Crippen LogP contribution in [0.25, 0.3) is 0 Å². The smallest absolute Gasteiger partial charge is 0.0492 e. The van der Waals surface area contributed by atoms with Crippen LogP contribution < -0.4 is 5.32 Å². The number of hydrogen-bond acceptors (Lipinski definition) is 3. The van der Waals surface area contributed by atoms with Gasteiger partial charge in [-0.15, -0.1) is 11.3 Å². The standard InChI is InChI=1S/C16H23N3S/c1-3-17-14(8-7-13-9-10-18-19(13)2)16-11-12-5-4-6-15(12)20-16/h9-11,14,17H,3-8H2,1-2H3. The summed E-state index contributed by atoms with van der Waals surface area (Å²) in [6, 6.07) is 5.06. The molecule has 2 heterocycles. The van der Waals surface area contributed by atoms with E-state index < -0.39 is 0 Å². The molecule has 0 aliphatic heterocycles. The van der Waals surface area contributed by atoms with Gasteiger partial charge < -0.3 is 5.32 Å². The van der Waals surface area contributed by atoms with E-state index in [4.69, 9.17) is 0 Å². The Balaban J connectivity index is 1.70. The third kappa shape index (κ3) is 2.81. The van der Waals surface area contributed by atoms with Gasteiger partial charge in [-0.1, -0.05) is 6.92 Å². The first kappa shape index (κ1) is 13.8. The van der Waals surface area contributed by atoms with Gasteiger partial charge in [-0.25, -0.2) is 0 Å². The molecule has 0 fully saturated rings. The molecule has 2 aromatic rings. The van der Waals surface area contributed by atoms with Gasteiger partial charge in [0.05, 0.1) is 0 Å². The van der Waals surface area contributed by atoms with Crippen LogP contribution in [0.3, 0.4) is 0 Å². The van der Waals surface area contributed by atoms with E-state index in [1.165, 1.54) is 29.8 Å². The summed E-state index contributed by atoms with van der Waals surface area (Å²) in [5, 5.41) is 7.90. The molecule has 3 rings (SSSR count). The molecule has 1 unspecified atom stereocenters. The van der Waals surface area contributed by atoms with Gasteiger partial charge in [-0.3, -0.25) is 4.68 Å². The van der Waals surface area contributed by atoms with Gasteiger partial charge in [0.2, 0.25) is 0 Å². The summed E-state index contributed by atoms with van der Waals surface area (Å²) in [6.07, 6.45) is 8.04. The fourth-order valence-electron chi connectivity index (χ4n) is 3.05. The number of nitrogens with one attached hydrogen (secondary N) is 1. The van der Waals surface area contributed by atoms with Gasteiger partial charge in [0.25, 0.3) is 0 Å². The fourth-order valence-corrected chi connectivity index (χ4v) is 4.42. The van der Waals surface area contributed by atoms with Crippen molar-refractivity contribution in [3.8, 4) is 0 Å². The number of hydrogen-bond donors (Lipinski definition) is 1. The quantitative estimate of drug-likeness (QED) is 0.884. The molecular formula is C16H23N3S. The Kier molecular flexibility index (Phi) is 4.22. The predicted octanol–water partition coefficient (Wildman–Crippen LogP) is 3.25. The summed E-state index contributed by atoms with van der Waals surface area (Å²) in [5.74, 6) is 0. The highest BCUT2D eigenvalue weighted by Crippen LogP contribution is 2.35. The maximum absolute atomic E-state index is 4.25. The summed E-state index contributed by atoms with van der Waals surface area (Å²) in [4.78, 5) is 3.15. The molecule has 0 amide bonds. The first-order chi connectivity index (χ1) is 9.78. The molecule has 2 aromatic heterocycles. The van der Waals surface area contributed by atoms with Crippen molar-refractivity contribution in [3.05, 3.63) is 39.3 Å². The van der Waals surface area contributed by atoms with E-state index >= 15 is 0 Å². The van der Waals surface area contributed by atoms with Crippen LogP contribution in [0.15, 0.2) is 18.3 Å². The zero-order valence-electron chi connectivity index (χ0n) is 12.4. The highest BCUT2D eigenvalue weighted by molar-refractivity contribution is 7.12. The third-order valence-corrected chi connectivity index (χ3v) is 5.52. The monoisotopic (exact) mass is 289 g/mol. The SMILES string of the molecule is CCNC(CCc1ccnn1C)c1cc2c(s1)CCC2. The van der Waals surface area contributed by atoms with Gasteiger partial charge >= 0.3 is 0 Å². The van der Waals surface area contributed by atoms with Crippen LogP contribution in [0, 0.1) is 0 Å². The third-order valence-electron chi connectivity index (χ3n) is 4.17. The first-order valence-electron chi connectivity index (χ1n) is 7.59. The predicted molar refractivity (Wildman–Crippen MR) is 84.3 cm³/mol. The van der Waals surface area contributed by atoms with Gasteiger partial charge in [0, 0.05) is 34.7 Å². The van der Waals surface area contributed by atoms with Crippen molar-refractivity contribution in [2.45, 2.75) is 45.1 Å². The number of rotatable bonds is 6. The molecule has 0 aromatic carbocycles. The lowest BCUT2D eigenvalue weighted by molar-refractivity contribution is 0.512. The summed E-state index contributed by atoms with van der Waals surface area (Å²) in [5.41, 5.74) is 2.92. The van der Waals surface area contributed by atoms with Crippen LogP contribution >= 0.6 is 11.3 Å². The summed E-state index contributed by atoms with van der Waals surface area (Å²) in [6.45, 7) is 3.22. The molecule has 1 aliphatic rings. The molecule has 1 N–H and O–H groups in total. The molecule has 0 saturated heterocycles. The zero-order valence-corrected chi connectivity index (χ0v) is 13.2. The van der Waals surface area contributed by atoms with Crippen LogP contribution in [0.1, 0.15) is 46.8 Å². The van der Waals surface area contributed by atoms with Crippen molar-refractivity contribution in [2.24, 2.45) is 7.05 Å². The number of fused-ring (bicyclic) bond motifs is 1. The van der Waals surface area contributed by atoms with Crippen LogP contribution in [-0.4, -0.2) is 16.3 Å². The minimum Gasteiger partial charge on any atom is -0.310 e. The van der Waals surface area contributed by atoms with E-state index in [0.717, 1.165) is 19.4 Å². The van der Waals surface area contributed by atoms with Crippen molar-refractivity contribution in [2.75, 3.05) is 6.54 Å². The Bertz CT molecular complexity index is 549. The number of aryl methyl sites for hydroxylation is 4. The molecule has 3 nitrogen and oxygen atoms in total. The van der Waals surface area contributed by atoms with E-state index in [-0.39, 0.29) is 0 Å². The van der Waals surface area contributed by atoms with Gasteiger partial charge in [-0.05, 0) is 56.3 Å². The number of aromatic nitrogens is 2. The van der Waals surface area contributed by atoms with Crippen molar-refractivity contribution < 1.29 is 0 Å². The Morgan fingerprint density at radius 2 is 2.35 bits per heavy atom. The summed E-state index contributed by atoms with van der Waals surface area (Å²) >= 11 is 2.03. The zero-order chi connectivity index (χ0) is 13.9. The second-order valence-electron chi connectivity index (χ2n) is 5.55. The molecular weight excluding hydrogens is 266 g/mol. The van der Waals surface area contributed by atoms with Crippen LogP contribution in [-0.2, 0) is 26.3 Å². The van der Waals surface area contributed by atoms with E-state index in [0.29, 0.717) is 6.04 Å². The molecule has 20 heavy (non-hydrogen) atoms. The average molecular weight is 289 g/mol. The molecule has 108 valence electrons. The van der Waals surface area contributed by atoms with Crippen molar-refractivity contribution >= 4 is 11.3 Å². The van der Waals surface area contributed by atoms with E-state index in [1.54, 1.807) is 10.4 Å². The fraction of sp³-hybridized carbons (Fsp3) is 0.562. The van der Waals surface area contributed by atoms with Crippen LogP contribution in [0.4, 0.5) is 0 Å². The van der Waals surface area contributed by atoms with E-state index in [9.17, 15) is 0 Å². The first-order valence-corrected chi connectivity index (χ1v) is 8.41. The van der Waals surface area contributed by atoms with E-state index in [2.05, 4.69) is 29.5 Å². The van der Waals surface area contributed by atoms with Crippen molar-refractivity contribution in [1.82, 2.24) is 15.1 Å². The van der Waals surface area contributed by atoms with Crippen molar-refractivity contribution in [3.63, 3.8) is 0 Å². The largest absolute Gasteiger partial charge is 0.310 e. The minimum atomic E-state index is 0.491. The van der Waals surface area contributed by atoms with Crippen molar-refractivity contribution in [1.29, 1.82) is 0 Å². The lowest BCUT2D eigenvalue weighted by Crippen LogP contribution is -2.21.